The molecule has 27 heavy (non-hydrogen) atoms. The fourth-order valence-electron chi connectivity index (χ4n) is 4.24. The first kappa shape index (κ1) is 24.9. The van der Waals surface area contributed by atoms with E-state index >= 15 is 0 Å². The molecular formula is C24H46O2S. The van der Waals surface area contributed by atoms with E-state index in [0.717, 1.165) is 23.3 Å². The lowest BCUT2D eigenvalue weighted by atomic mass is 10.0. The van der Waals surface area contributed by atoms with Crippen LogP contribution >= 0.6 is 11.8 Å². The second kappa shape index (κ2) is 17.9. The zero-order valence-electron chi connectivity index (χ0n) is 18.1. The molecule has 1 rings (SSSR count). The van der Waals surface area contributed by atoms with E-state index in [9.17, 15) is 4.79 Å². The molecule has 160 valence electrons. The van der Waals surface area contributed by atoms with Crippen LogP contribution in [0, 0.1) is 0 Å². The van der Waals surface area contributed by atoms with Crippen LogP contribution in [0.15, 0.2) is 0 Å². The van der Waals surface area contributed by atoms with Crippen molar-refractivity contribution in [3.05, 3.63) is 0 Å². The Balaban J connectivity index is 1.79. The quantitative estimate of drug-likeness (QED) is 0.222. The highest BCUT2D eigenvalue weighted by Crippen LogP contribution is 2.39. The predicted octanol–water partition coefficient (Wildman–Crippen LogP) is 8.38. The Morgan fingerprint density at radius 2 is 1.11 bits per heavy atom. The van der Waals surface area contributed by atoms with Gasteiger partial charge in [-0.3, -0.25) is 4.79 Å². The van der Waals surface area contributed by atoms with Crippen LogP contribution in [0.4, 0.5) is 0 Å². The van der Waals surface area contributed by atoms with Crippen molar-refractivity contribution >= 4 is 17.7 Å². The first-order valence-electron chi connectivity index (χ1n) is 12.1. The minimum atomic E-state index is -0.649. The summed E-state index contributed by atoms with van der Waals surface area (Å²) >= 11 is 2.32. The number of thioether (sulfide) groups is 1. The van der Waals surface area contributed by atoms with Crippen LogP contribution in [0.3, 0.4) is 0 Å². The van der Waals surface area contributed by atoms with Crippen molar-refractivity contribution in [3.8, 4) is 0 Å². The summed E-state index contributed by atoms with van der Waals surface area (Å²) in [7, 11) is 0. The number of aliphatic carboxylic acids is 1. The van der Waals surface area contributed by atoms with Gasteiger partial charge < -0.3 is 5.11 Å². The standard InChI is InChI=1S/C24H46O2S/c1-2-3-4-11-14-17-22-20-21-23(27-22)18-15-12-9-7-5-6-8-10-13-16-19-24(25)26/h22-23H,2-21H2,1H3,(H,25,26). The minimum absolute atomic E-state index is 0.346. The fourth-order valence-corrected chi connectivity index (χ4v) is 5.94. The van der Waals surface area contributed by atoms with Crippen LogP contribution in [0.5, 0.6) is 0 Å². The molecular weight excluding hydrogens is 352 g/mol. The maximum absolute atomic E-state index is 10.4. The molecule has 2 nitrogen and oxygen atoms in total. The lowest BCUT2D eigenvalue weighted by molar-refractivity contribution is -0.137. The predicted molar refractivity (Wildman–Crippen MR) is 121 cm³/mol. The Labute approximate surface area is 173 Å². The molecule has 2 unspecified atom stereocenters. The van der Waals surface area contributed by atoms with Gasteiger partial charge >= 0.3 is 5.97 Å². The molecule has 0 spiro atoms. The first-order chi connectivity index (χ1) is 13.2. The van der Waals surface area contributed by atoms with Crippen molar-refractivity contribution < 1.29 is 9.90 Å². The van der Waals surface area contributed by atoms with Gasteiger partial charge in [0.25, 0.3) is 0 Å². The fraction of sp³-hybridized carbons (Fsp3) is 0.958. The van der Waals surface area contributed by atoms with Crippen molar-refractivity contribution in [1.29, 1.82) is 0 Å². The Hall–Kier alpha value is -0.180. The largest absolute Gasteiger partial charge is 0.481 e. The molecule has 1 heterocycles. The Kier molecular flexibility index (Phi) is 16.5. The lowest BCUT2D eigenvalue weighted by Crippen LogP contribution is -1.98. The number of rotatable bonds is 19. The SMILES string of the molecule is CCCCCCCC1CCC(CCCCCCCCCCCCC(=O)O)S1. The van der Waals surface area contributed by atoms with Crippen molar-refractivity contribution in [3.63, 3.8) is 0 Å². The molecule has 1 aliphatic rings. The van der Waals surface area contributed by atoms with Crippen molar-refractivity contribution in [2.24, 2.45) is 0 Å². The summed E-state index contributed by atoms with van der Waals surface area (Å²) < 4.78 is 0. The van der Waals surface area contributed by atoms with Gasteiger partial charge in [-0.1, -0.05) is 96.8 Å². The van der Waals surface area contributed by atoms with Gasteiger partial charge in [0, 0.05) is 16.9 Å². The second-order valence-corrected chi connectivity index (χ2v) is 10.2. The number of hydrogen-bond donors (Lipinski definition) is 1. The van der Waals surface area contributed by atoms with Crippen LogP contribution in [0.2, 0.25) is 0 Å². The average molecular weight is 399 g/mol. The van der Waals surface area contributed by atoms with Crippen LogP contribution in [-0.4, -0.2) is 21.6 Å². The number of unbranched alkanes of at least 4 members (excludes halogenated alkanes) is 13. The van der Waals surface area contributed by atoms with Crippen molar-refractivity contribution in [2.45, 2.75) is 146 Å². The van der Waals surface area contributed by atoms with Gasteiger partial charge in [0.05, 0.1) is 0 Å². The van der Waals surface area contributed by atoms with Gasteiger partial charge in [0.1, 0.15) is 0 Å². The smallest absolute Gasteiger partial charge is 0.303 e. The number of carbonyl (C=O) groups is 1. The van der Waals surface area contributed by atoms with E-state index in [1.165, 1.54) is 109 Å². The summed E-state index contributed by atoms with van der Waals surface area (Å²) in [5.41, 5.74) is 0. The summed E-state index contributed by atoms with van der Waals surface area (Å²) in [6.45, 7) is 2.30. The molecule has 0 radical (unpaired) electrons. The molecule has 0 bridgehead atoms. The Bertz CT molecular complexity index is 345. The molecule has 0 aromatic carbocycles. The highest BCUT2D eigenvalue weighted by molar-refractivity contribution is 8.00. The third kappa shape index (κ3) is 15.4. The van der Waals surface area contributed by atoms with Crippen LogP contribution in [0.1, 0.15) is 135 Å². The normalized spacial score (nSPS) is 19.6. The molecule has 1 saturated heterocycles. The number of carboxylic acid groups (broad SMARTS) is 1. The average Bonchev–Trinajstić information content (AvgIpc) is 3.10. The van der Waals surface area contributed by atoms with Gasteiger partial charge in [-0.05, 0) is 32.1 Å². The summed E-state index contributed by atoms with van der Waals surface area (Å²) in [4.78, 5) is 10.4. The summed E-state index contributed by atoms with van der Waals surface area (Å²) in [6.07, 6.45) is 26.2. The van der Waals surface area contributed by atoms with E-state index in [1.807, 2.05) is 0 Å². The molecule has 3 heteroatoms. The van der Waals surface area contributed by atoms with Gasteiger partial charge in [-0.25, -0.2) is 0 Å². The van der Waals surface area contributed by atoms with Crippen LogP contribution in [0.25, 0.3) is 0 Å². The zero-order chi connectivity index (χ0) is 19.6. The van der Waals surface area contributed by atoms with E-state index in [-0.39, 0.29) is 0 Å². The highest BCUT2D eigenvalue weighted by atomic mass is 32.2. The van der Waals surface area contributed by atoms with Gasteiger partial charge in [0.15, 0.2) is 0 Å². The zero-order valence-corrected chi connectivity index (χ0v) is 18.9. The topological polar surface area (TPSA) is 37.3 Å². The van der Waals surface area contributed by atoms with Gasteiger partial charge in [-0.15, -0.1) is 0 Å². The Morgan fingerprint density at radius 3 is 1.56 bits per heavy atom. The van der Waals surface area contributed by atoms with E-state index in [4.69, 9.17) is 5.11 Å². The monoisotopic (exact) mass is 398 g/mol. The lowest BCUT2D eigenvalue weighted by Gasteiger charge is -2.11. The maximum Gasteiger partial charge on any atom is 0.303 e. The van der Waals surface area contributed by atoms with E-state index < -0.39 is 5.97 Å². The molecule has 0 aliphatic carbocycles. The number of carboxylic acids is 1. The second-order valence-electron chi connectivity index (χ2n) is 8.63. The van der Waals surface area contributed by atoms with E-state index in [1.54, 1.807) is 0 Å². The molecule has 2 atom stereocenters. The summed E-state index contributed by atoms with van der Waals surface area (Å²) in [5, 5.41) is 10.5. The molecule has 1 aliphatic heterocycles. The third-order valence-corrected chi connectivity index (χ3v) is 7.70. The molecule has 1 fully saturated rings. The van der Waals surface area contributed by atoms with Crippen LogP contribution in [-0.2, 0) is 4.79 Å². The first-order valence-corrected chi connectivity index (χ1v) is 13.0. The number of hydrogen-bond acceptors (Lipinski definition) is 2. The molecule has 0 saturated carbocycles. The molecule has 0 aromatic heterocycles. The van der Waals surface area contributed by atoms with Gasteiger partial charge in [0.2, 0.25) is 0 Å². The Morgan fingerprint density at radius 1 is 0.704 bits per heavy atom. The van der Waals surface area contributed by atoms with E-state index in [0.29, 0.717) is 6.42 Å². The summed E-state index contributed by atoms with van der Waals surface area (Å²) in [5.74, 6) is -0.649. The van der Waals surface area contributed by atoms with Crippen molar-refractivity contribution in [2.75, 3.05) is 0 Å². The third-order valence-electron chi connectivity index (χ3n) is 5.99. The molecule has 0 amide bonds. The molecule has 0 aromatic rings. The van der Waals surface area contributed by atoms with E-state index in [2.05, 4.69) is 18.7 Å². The highest BCUT2D eigenvalue weighted by Gasteiger charge is 2.24. The molecule has 1 N–H and O–H groups in total. The van der Waals surface area contributed by atoms with Gasteiger partial charge in [-0.2, -0.15) is 11.8 Å². The maximum atomic E-state index is 10.4. The summed E-state index contributed by atoms with van der Waals surface area (Å²) in [6, 6.07) is 0. The van der Waals surface area contributed by atoms with Crippen LogP contribution < -0.4 is 0 Å². The van der Waals surface area contributed by atoms with Crippen molar-refractivity contribution in [1.82, 2.24) is 0 Å². The minimum Gasteiger partial charge on any atom is -0.481 e.